The van der Waals surface area contributed by atoms with Crippen LogP contribution in [-0.2, 0) is 65.4 Å². The minimum Gasteiger partial charge on any atom is -0.462 e. The molecule has 0 aromatic heterocycles. The topological polar surface area (TPSA) is 237 Å². The third-order valence-electron chi connectivity index (χ3n) is 14.5. The SMILES string of the molecule is CCCCCC/C=C\C=C/CCCCCCCC(=O)O[C@H](COC(=O)CCCCCCCCCC(C)C)COP(=O)(O)OCC(O)COP(=O)(O)OC[C@@H](COC(=O)CCCCCCCCCC(C)C)OC(=O)CCCCCCCCCC(C)C. The van der Waals surface area contributed by atoms with E-state index in [0.717, 1.165) is 116 Å². The fraction of sp³-hybridized carbons (Fsp3) is 0.879. The van der Waals surface area contributed by atoms with Crippen molar-refractivity contribution in [1.82, 2.24) is 0 Å². The molecular weight excluding hydrogens is 1130 g/mol. The standard InChI is InChI=1S/C66H124O17P2/c1-8-9-10-11-12-13-14-15-16-17-18-19-26-35-42-49-65(70)82-61(53-76-63(68)47-40-33-27-20-23-30-37-44-57(2)3)55-80-84(72,73)78-51-60(67)52-79-85(74,75)81-56-62(83-66(71)50-43-36-29-22-25-32-39-46-59(6)7)54-77-64(69)48-41-34-28-21-24-31-38-45-58(4)5/h13-16,57-62,67H,8-12,17-56H2,1-7H3,(H,72,73)(H,74,75)/b14-13-,16-15-/t60?,61-,62-/m1/s1. The molecule has 0 aliphatic rings. The Balaban J connectivity index is 5.28. The van der Waals surface area contributed by atoms with Gasteiger partial charge in [0.15, 0.2) is 12.2 Å². The average Bonchev–Trinajstić information content (AvgIpc) is 3.56. The highest BCUT2D eigenvalue weighted by molar-refractivity contribution is 7.47. The minimum absolute atomic E-state index is 0.0835. The zero-order valence-electron chi connectivity index (χ0n) is 54.5. The molecule has 17 nitrogen and oxygen atoms in total. The van der Waals surface area contributed by atoms with Crippen LogP contribution in [0.2, 0.25) is 0 Å². The lowest BCUT2D eigenvalue weighted by Gasteiger charge is -2.21. The van der Waals surface area contributed by atoms with E-state index in [4.69, 9.17) is 37.0 Å². The zero-order chi connectivity index (χ0) is 63.1. The number of phosphoric acid groups is 2. The summed E-state index contributed by atoms with van der Waals surface area (Å²) >= 11 is 0. The van der Waals surface area contributed by atoms with E-state index in [9.17, 15) is 43.2 Å². The molecule has 0 heterocycles. The fourth-order valence-corrected chi connectivity index (χ4v) is 10.9. The van der Waals surface area contributed by atoms with Crippen LogP contribution in [0.4, 0.5) is 0 Å². The molecule has 0 aliphatic heterocycles. The lowest BCUT2D eigenvalue weighted by Crippen LogP contribution is -2.30. The number of hydrogen-bond donors (Lipinski definition) is 3. The molecule has 0 saturated carbocycles. The molecule has 0 spiro atoms. The highest BCUT2D eigenvalue weighted by Crippen LogP contribution is 2.45. The summed E-state index contributed by atoms with van der Waals surface area (Å²) in [6.07, 6.45) is 41.4. The van der Waals surface area contributed by atoms with Crippen LogP contribution in [0.3, 0.4) is 0 Å². The molecular formula is C66H124O17P2. The third kappa shape index (κ3) is 60.2. The van der Waals surface area contributed by atoms with Crippen molar-refractivity contribution in [2.75, 3.05) is 39.6 Å². The van der Waals surface area contributed by atoms with Crippen molar-refractivity contribution in [3.05, 3.63) is 24.3 Å². The van der Waals surface area contributed by atoms with Crippen LogP contribution in [0.25, 0.3) is 0 Å². The Kier molecular flexibility index (Phi) is 55.1. The van der Waals surface area contributed by atoms with Gasteiger partial charge in [-0.25, -0.2) is 9.13 Å². The normalized spacial score (nSPS) is 14.5. The smallest absolute Gasteiger partial charge is 0.462 e. The number of carbonyl (C=O) groups excluding carboxylic acids is 4. The maximum Gasteiger partial charge on any atom is 0.472 e. The first-order chi connectivity index (χ1) is 40.7. The van der Waals surface area contributed by atoms with E-state index in [0.29, 0.717) is 43.4 Å². The van der Waals surface area contributed by atoms with Crippen molar-refractivity contribution < 1.29 is 80.2 Å². The largest absolute Gasteiger partial charge is 0.472 e. The van der Waals surface area contributed by atoms with E-state index in [2.05, 4.69) is 72.8 Å². The van der Waals surface area contributed by atoms with Crippen molar-refractivity contribution >= 4 is 39.5 Å². The van der Waals surface area contributed by atoms with Gasteiger partial charge in [0.25, 0.3) is 0 Å². The van der Waals surface area contributed by atoms with Crippen LogP contribution in [0, 0.1) is 17.8 Å². The van der Waals surface area contributed by atoms with Crippen molar-refractivity contribution in [3.63, 3.8) is 0 Å². The van der Waals surface area contributed by atoms with Gasteiger partial charge in [-0.15, -0.1) is 0 Å². The van der Waals surface area contributed by atoms with E-state index in [1.165, 1.54) is 83.5 Å². The fourth-order valence-electron chi connectivity index (χ4n) is 9.29. The van der Waals surface area contributed by atoms with Gasteiger partial charge in [0.1, 0.15) is 19.3 Å². The molecule has 0 amide bonds. The summed E-state index contributed by atoms with van der Waals surface area (Å²) in [7, 11) is -9.90. The van der Waals surface area contributed by atoms with Gasteiger partial charge in [0, 0.05) is 25.7 Å². The number of aliphatic hydroxyl groups is 1. The van der Waals surface area contributed by atoms with Crippen molar-refractivity contribution in [1.29, 1.82) is 0 Å². The number of ether oxygens (including phenoxy) is 4. The molecule has 5 atom stereocenters. The predicted octanol–water partition coefficient (Wildman–Crippen LogP) is 17.8. The maximum atomic E-state index is 13.0. The quantitative estimate of drug-likeness (QED) is 0.0169. The number of carbonyl (C=O) groups is 4. The Morgan fingerprint density at radius 3 is 0.953 bits per heavy atom. The van der Waals surface area contributed by atoms with E-state index < -0.39 is 97.5 Å². The summed E-state index contributed by atoms with van der Waals surface area (Å²) in [6, 6.07) is 0. The van der Waals surface area contributed by atoms with Gasteiger partial charge >= 0.3 is 39.5 Å². The Bertz CT molecular complexity index is 1770. The highest BCUT2D eigenvalue weighted by Gasteiger charge is 2.30. The van der Waals surface area contributed by atoms with Crippen LogP contribution < -0.4 is 0 Å². The third-order valence-corrected chi connectivity index (χ3v) is 16.4. The predicted molar refractivity (Wildman–Crippen MR) is 340 cm³/mol. The molecule has 85 heavy (non-hydrogen) atoms. The molecule has 0 fully saturated rings. The number of aliphatic hydroxyl groups excluding tert-OH is 1. The summed E-state index contributed by atoms with van der Waals surface area (Å²) in [5, 5.41) is 10.5. The van der Waals surface area contributed by atoms with Crippen LogP contribution in [0.15, 0.2) is 24.3 Å². The second kappa shape index (κ2) is 56.8. The van der Waals surface area contributed by atoms with Crippen molar-refractivity contribution in [3.8, 4) is 0 Å². The average molecular weight is 1250 g/mol. The first-order valence-corrected chi connectivity index (χ1v) is 36.7. The second-order valence-corrected chi connectivity index (χ2v) is 27.5. The molecule has 3 N–H and O–H groups in total. The molecule has 0 aromatic rings. The van der Waals surface area contributed by atoms with Crippen LogP contribution >= 0.6 is 15.6 Å². The second-order valence-electron chi connectivity index (χ2n) is 24.6. The van der Waals surface area contributed by atoms with Crippen molar-refractivity contribution in [2.45, 2.75) is 317 Å². The number of esters is 4. The summed E-state index contributed by atoms with van der Waals surface area (Å²) in [5.74, 6) is -0.0684. The van der Waals surface area contributed by atoms with Crippen LogP contribution in [0.1, 0.15) is 299 Å². The first kappa shape index (κ1) is 82.5. The molecule has 0 rings (SSSR count). The molecule has 0 aromatic carbocycles. The molecule has 3 unspecified atom stereocenters. The van der Waals surface area contributed by atoms with Crippen molar-refractivity contribution in [2.24, 2.45) is 17.8 Å². The van der Waals surface area contributed by atoms with Gasteiger partial charge in [-0.3, -0.25) is 37.3 Å². The Labute approximate surface area is 516 Å². The number of hydrogen-bond acceptors (Lipinski definition) is 15. The molecule has 500 valence electrons. The van der Waals surface area contributed by atoms with E-state index in [-0.39, 0.29) is 25.7 Å². The summed E-state index contributed by atoms with van der Waals surface area (Å²) in [4.78, 5) is 72.2. The molecule has 19 heteroatoms. The number of unbranched alkanes of at least 4 members (excludes halogenated alkanes) is 27. The Morgan fingerprint density at radius 1 is 0.365 bits per heavy atom. The maximum absolute atomic E-state index is 13.0. The van der Waals surface area contributed by atoms with E-state index in [1.54, 1.807) is 0 Å². The lowest BCUT2D eigenvalue weighted by atomic mass is 10.0. The Morgan fingerprint density at radius 2 is 0.635 bits per heavy atom. The number of rotatable bonds is 62. The first-order valence-electron chi connectivity index (χ1n) is 33.7. The van der Waals surface area contributed by atoms with Gasteiger partial charge in [0.2, 0.25) is 0 Å². The van der Waals surface area contributed by atoms with Crippen LogP contribution in [0.5, 0.6) is 0 Å². The molecule has 0 saturated heterocycles. The molecule has 0 aliphatic carbocycles. The highest BCUT2D eigenvalue weighted by atomic mass is 31.2. The zero-order valence-corrected chi connectivity index (χ0v) is 56.3. The van der Waals surface area contributed by atoms with Gasteiger partial charge in [-0.1, -0.05) is 246 Å². The summed E-state index contributed by atoms with van der Waals surface area (Å²) in [6.45, 7) is 11.6. The minimum atomic E-state index is -4.96. The van der Waals surface area contributed by atoms with E-state index >= 15 is 0 Å². The molecule has 0 radical (unpaired) electrons. The Hall–Kier alpha value is -2.46. The number of phosphoric ester groups is 2. The molecule has 0 bridgehead atoms. The monoisotopic (exact) mass is 1250 g/mol. The summed E-state index contributed by atoms with van der Waals surface area (Å²) in [5.41, 5.74) is 0. The van der Waals surface area contributed by atoms with Gasteiger partial charge in [0.05, 0.1) is 26.4 Å². The van der Waals surface area contributed by atoms with Gasteiger partial charge < -0.3 is 33.8 Å². The van der Waals surface area contributed by atoms with E-state index in [1.807, 2.05) is 0 Å². The number of allylic oxidation sites excluding steroid dienone is 4. The summed E-state index contributed by atoms with van der Waals surface area (Å²) < 4.78 is 68.0. The van der Waals surface area contributed by atoms with Crippen LogP contribution in [-0.4, -0.2) is 96.7 Å². The van der Waals surface area contributed by atoms with Gasteiger partial charge in [-0.2, -0.15) is 0 Å². The van der Waals surface area contributed by atoms with Gasteiger partial charge in [-0.05, 0) is 69.1 Å². The lowest BCUT2D eigenvalue weighted by molar-refractivity contribution is -0.161.